The summed E-state index contributed by atoms with van der Waals surface area (Å²) in [5.41, 5.74) is 1.96. The molecule has 0 aliphatic rings. The Hall–Kier alpha value is -2.16. The van der Waals surface area contributed by atoms with Crippen LogP contribution in [0.4, 0.5) is 0 Å². The first kappa shape index (κ1) is 12.3. The number of rotatable bonds is 4. The highest BCUT2D eigenvalue weighted by Crippen LogP contribution is 2.38. The van der Waals surface area contributed by atoms with Crippen LogP contribution in [-0.2, 0) is 0 Å². The summed E-state index contributed by atoms with van der Waals surface area (Å²) in [6, 6.07) is 14.5. The second-order valence-corrected chi connectivity index (χ2v) is 3.69. The lowest BCUT2D eigenvalue weighted by Gasteiger charge is -2.13. The number of hydrogen-bond acceptors (Lipinski definition) is 3. The molecule has 2 aromatic rings. The van der Waals surface area contributed by atoms with Gasteiger partial charge in [-0.1, -0.05) is 18.2 Å². The first-order valence-electron chi connectivity index (χ1n) is 5.57. The molecule has 0 spiro atoms. The zero-order valence-electron chi connectivity index (χ0n) is 10.7. The van der Waals surface area contributed by atoms with Crippen LogP contribution in [0.1, 0.15) is 0 Å². The third-order valence-electron chi connectivity index (χ3n) is 2.71. The molecule has 0 fully saturated rings. The molecular formula is C15H15O3. The van der Waals surface area contributed by atoms with E-state index in [1.54, 1.807) is 21.3 Å². The molecule has 0 aliphatic heterocycles. The number of benzene rings is 2. The zero-order valence-corrected chi connectivity index (χ0v) is 10.7. The second kappa shape index (κ2) is 5.45. The zero-order chi connectivity index (χ0) is 13.0. The van der Waals surface area contributed by atoms with E-state index in [2.05, 4.69) is 6.07 Å². The number of hydrogen-bond donors (Lipinski definition) is 0. The molecule has 0 saturated heterocycles. The number of para-hydroxylation sites is 1. The van der Waals surface area contributed by atoms with Crippen LogP contribution in [0.2, 0.25) is 0 Å². The minimum atomic E-state index is 0.692. The Morgan fingerprint density at radius 2 is 1.78 bits per heavy atom. The average Bonchev–Trinajstić information content (AvgIpc) is 2.46. The molecular weight excluding hydrogens is 228 g/mol. The molecule has 0 aliphatic carbocycles. The lowest BCUT2D eigenvalue weighted by Crippen LogP contribution is -1.93. The van der Waals surface area contributed by atoms with Gasteiger partial charge in [-0.05, 0) is 23.8 Å². The van der Waals surface area contributed by atoms with Gasteiger partial charge >= 0.3 is 0 Å². The molecule has 1 radical (unpaired) electrons. The van der Waals surface area contributed by atoms with E-state index in [9.17, 15) is 0 Å². The maximum Gasteiger partial charge on any atom is 0.168 e. The summed E-state index contributed by atoms with van der Waals surface area (Å²) in [5.74, 6) is 2.12. The smallest absolute Gasteiger partial charge is 0.168 e. The van der Waals surface area contributed by atoms with Crippen molar-refractivity contribution in [3.63, 3.8) is 0 Å². The first-order chi connectivity index (χ1) is 8.80. The molecule has 0 amide bonds. The Kier molecular flexibility index (Phi) is 3.72. The molecule has 3 nitrogen and oxygen atoms in total. The highest BCUT2D eigenvalue weighted by molar-refractivity contribution is 5.74. The summed E-state index contributed by atoms with van der Waals surface area (Å²) >= 11 is 0. The van der Waals surface area contributed by atoms with Gasteiger partial charge in [0.05, 0.1) is 21.3 Å². The summed E-state index contributed by atoms with van der Waals surface area (Å²) in [6.45, 7) is 0. The van der Waals surface area contributed by atoms with E-state index in [-0.39, 0.29) is 0 Å². The fraction of sp³-hybridized carbons (Fsp3) is 0.200. The van der Waals surface area contributed by atoms with Crippen LogP contribution in [-0.4, -0.2) is 21.3 Å². The summed E-state index contributed by atoms with van der Waals surface area (Å²) in [7, 11) is 4.88. The van der Waals surface area contributed by atoms with Crippen molar-refractivity contribution in [3.05, 3.63) is 42.5 Å². The van der Waals surface area contributed by atoms with Crippen LogP contribution in [0, 0.1) is 6.07 Å². The normalized spacial score (nSPS) is 9.94. The molecule has 0 unspecified atom stereocenters. The fourth-order valence-electron chi connectivity index (χ4n) is 1.84. The van der Waals surface area contributed by atoms with Gasteiger partial charge in [0.1, 0.15) is 5.75 Å². The van der Waals surface area contributed by atoms with Gasteiger partial charge in [0, 0.05) is 11.6 Å². The molecule has 3 heteroatoms. The largest absolute Gasteiger partial charge is 0.496 e. The molecule has 0 bridgehead atoms. The van der Waals surface area contributed by atoms with E-state index in [1.807, 2.05) is 36.4 Å². The molecule has 0 atom stereocenters. The van der Waals surface area contributed by atoms with Crippen molar-refractivity contribution in [1.29, 1.82) is 0 Å². The summed E-state index contributed by atoms with van der Waals surface area (Å²) < 4.78 is 15.9. The van der Waals surface area contributed by atoms with Crippen LogP contribution in [0.25, 0.3) is 11.1 Å². The van der Waals surface area contributed by atoms with Crippen molar-refractivity contribution in [2.24, 2.45) is 0 Å². The van der Waals surface area contributed by atoms with Gasteiger partial charge in [0.25, 0.3) is 0 Å². The maximum atomic E-state index is 5.42. The Morgan fingerprint density at radius 3 is 2.44 bits per heavy atom. The van der Waals surface area contributed by atoms with Crippen LogP contribution >= 0.6 is 0 Å². The third-order valence-corrected chi connectivity index (χ3v) is 2.71. The van der Waals surface area contributed by atoms with E-state index in [4.69, 9.17) is 14.2 Å². The minimum Gasteiger partial charge on any atom is -0.496 e. The van der Waals surface area contributed by atoms with Gasteiger partial charge in [-0.3, -0.25) is 0 Å². The molecule has 93 valence electrons. The minimum absolute atomic E-state index is 0.692. The van der Waals surface area contributed by atoms with Gasteiger partial charge < -0.3 is 14.2 Å². The molecule has 0 saturated carbocycles. The average molecular weight is 243 g/mol. The van der Waals surface area contributed by atoms with Crippen LogP contribution in [0.15, 0.2) is 36.4 Å². The van der Waals surface area contributed by atoms with Crippen LogP contribution in [0.5, 0.6) is 17.2 Å². The van der Waals surface area contributed by atoms with E-state index in [0.717, 1.165) is 11.1 Å². The van der Waals surface area contributed by atoms with Crippen molar-refractivity contribution in [1.82, 2.24) is 0 Å². The van der Waals surface area contributed by atoms with Crippen molar-refractivity contribution >= 4 is 0 Å². The van der Waals surface area contributed by atoms with Gasteiger partial charge in [0.2, 0.25) is 0 Å². The SMILES string of the molecule is COc1[c]ccc(-c2cccc(OC)c2OC)c1. The van der Waals surface area contributed by atoms with E-state index < -0.39 is 0 Å². The standard InChI is InChI=1S/C15H15O3/c1-16-12-7-4-6-11(10-12)13-8-5-9-14(17-2)15(13)18-3/h4-6,8-10H,1-3H3. The van der Waals surface area contributed by atoms with Crippen molar-refractivity contribution in [2.75, 3.05) is 21.3 Å². The molecule has 18 heavy (non-hydrogen) atoms. The summed E-state index contributed by atoms with van der Waals surface area (Å²) in [4.78, 5) is 0. The Balaban J connectivity index is 2.55. The van der Waals surface area contributed by atoms with E-state index in [1.165, 1.54) is 0 Å². The van der Waals surface area contributed by atoms with Crippen molar-refractivity contribution in [2.45, 2.75) is 0 Å². The highest BCUT2D eigenvalue weighted by atomic mass is 16.5. The van der Waals surface area contributed by atoms with Crippen LogP contribution < -0.4 is 14.2 Å². The summed E-state index contributed by atoms with van der Waals surface area (Å²) in [6.07, 6.45) is 0. The van der Waals surface area contributed by atoms with Gasteiger partial charge in [0.15, 0.2) is 11.5 Å². The lowest BCUT2D eigenvalue weighted by atomic mass is 10.0. The quantitative estimate of drug-likeness (QED) is 0.825. The number of ether oxygens (including phenoxy) is 3. The molecule has 2 aromatic carbocycles. The second-order valence-electron chi connectivity index (χ2n) is 3.69. The molecule has 2 rings (SSSR count). The highest BCUT2D eigenvalue weighted by Gasteiger charge is 2.11. The Labute approximate surface area is 107 Å². The van der Waals surface area contributed by atoms with E-state index in [0.29, 0.717) is 17.2 Å². The topological polar surface area (TPSA) is 27.7 Å². The van der Waals surface area contributed by atoms with Crippen molar-refractivity contribution < 1.29 is 14.2 Å². The Morgan fingerprint density at radius 1 is 0.944 bits per heavy atom. The molecule has 0 aromatic heterocycles. The van der Waals surface area contributed by atoms with Gasteiger partial charge in [-0.25, -0.2) is 0 Å². The summed E-state index contributed by atoms with van der Waals surface area (Å²) in [5, 5.41) is 0. The monoisotopic (exact) mass is 243 g/mol. The Bertz CT molecular complexity index is 535. The lowest BCUT2D eigenvalue weighted by molar-refractivity contribution is 0.356. The predicted octanol–water partition coefficient (Wildman–Crippen LogP) is 3.18. The maximum absolute atomic E-state index is 5.42. The van der Waals surface area contributed by atoms with Crippen molar-refractivity contribution in [3.8, 4) is 28.4 Å². The van der Waals surface area contributed by atoms with E-state index >= 15 is 0 Å². The van der Waals surface area contributed by atoms with Crippen LogP contribution in [0.3, 0.4) is 0 Å². The molecule has 0 N–H and O–H groups in total. The first-order valence-corrected chi connectivity index (χ1v) is 5.57. The molecule has 0 heterocycles. The van der Waals surface area contributed by atoms with Gasteiger partial charge in [-0.2, -0.15) is 0 Å². The number of methoxy groups -OCH3 is 3. The predicted molar refractivity (Wildman–Crippen MR) is 70.4 cm³/mol. The fourth-order valence-corrected chi connectivity index (χ4v) is 1.84. The van der Waals surface area contributed by atoms with Gasteiger partial charge in [-0.15, -0.1) is 0 Å². The third kappa shape index (κ3) is 2.25.